The van der Waals surface area contributed by atoms with Crippen LogP contribution in [0.5, 0.6) is 0 Å². The highest BCUT2D eigenvalue weighted by atomic mass is 14.7. The zero-order valence-electron chi connectivity index (χ0n) is 8.38. The molecule has 0 spiro atoms. The average molecular weight is 199 g/mol. The average Bonchev–Trinajstić information content (AvgIpc) is 2.31. The summed E-state index contributed by atoms with van der Waals surface area (Å²) in [6.45, 7) is 0. The van der Waals surface area contributed by atoms with Gasteiger partial charge in [0.25, 0.3) is 0 Å². The summed E-state index contributed by atoms with van der Waals surface area (Å²) in [7, 11) is 0. The van der Waals surface area contributed by atoms with Gasteiger partial charge in [0.05, 0.1) is 0 Å². The molecular weight excluding hydrogens is 186 g/mol. The summed E-state index contributed by atoms with van der Waals surface area (Å²) in [6, 6.07) is 7.86. The second-order valence-corrected chi connectivity index (χ2v) is 3.45. The van der Waals surface area contributed by atoms with Crippen LogP contribution in [0.4, 0.5) is 0 Å². The minimum atomic E-state index is 0.0113. The van der Waals surface area contributed by atoms with E-state index >= 15 is 0 Å². The molecular formula is C12H13N3. The number of nitrogens with two attached hydrogens (primary N) is 1. The van der Waals surface area contributed by atoms with E-state index in [9.17, 15) is 0 Å². The van der Waals surface area contributed by atoms with Gasteiger partial charge >= 0.3 is 0 Å². The van der Waals surface area contributed by atoms with Gasteiger partial charge in [0, 0.05) is 30.8 Å². The zero-order valence-corrected chi connectivity index (χ0v) is 8.38. The Kier molecular flexibility index (Phi) is 3.05. The number of pyridine rings is 2. The molecule has 1 unspecified atom stereocenters. The van der Waals surface area contributed by atoms with Crippen LogP contribution in [0.2, 0.25) is 0 Å². The zero-order chi connectivity index (χ0) is 10.5. The van der Waals surface area contributed by atoms with Crippen molar-refractivity contribution in [3.63, 3.8) is 0 Å². The topological polar surface area (TPSA) is 51.8 Å². The lowest BCUT2D eigenvalue weighted by Gasteiger charge is -2.10. The third kappa shape index (κ3) is 2.60. The van der Waals surface area contributed by atoms with Crippen molar-refractivity contribution in [2.45, 2.75) is 12.5 Å². The normalized spacial score (nSPS) is 12.3. The van der Waals surface area contributed by atoms with Gasteiger partial charge in [-0.25, -0.2) is 0 Å². The molecule has 0 fully saturated rings. The van der Waals surface area contributed by atoms with Gasteiger partial charge < -0.3 is 5.73 Å². The quantitative estimate of drug-likeness (QED) is 0.818. The first kappa shape index (κ1) is 9.80. The van der Waals surface area contributed by atoms with E-state index in [2.05, 4.69) is 9.97 Å². The van der Waals surface area contributed by atoms with Crippen molar-refractivity contribution in [2.75, 3.05) is 0 Å². The maximum absolute atomic E-state index is 6.07. The molecule has 2 heterocycles. The summed E-state index contributed by atoms with van der Waals surface area (Å²) in [6.07, 6.45) is 7.94. The molecule has 15 heavy (non-hydrogen) atoms. The third-order valence-electron chi connectivity index (χ3n) is 2.31. The highest BCUT2D eigenvalue weighted by molar-refractivity contribution is 5.19. The van der Waals surface area contributed by atoms with Crippen molar-refractivity contribution >= 4 is 0 Å². The number of hydrogen-bond acceptors (Lipinski definition) is 3. The predicted molar refractivity (Wildman–Crippen MR) is 59.1 cm³/mol. The van der Waals surface area contributed by atoms with Gasteiger partial charge in [-0.1, -0.05) is 6.07 Å². The highest BCUT2D eigenvalue weighted by Crippen LogP contribution is 2.13. The lowest BCUT2D eigenvalue weighted by Crippen LogP contribution is -2.13. The van der Waals surface area contributed by atoms with Crippen molar-refractivity contribution in [2.24, 2.45) is 5.73 Å². The molecule has 2 rings (SSSR count). The minimum absolute atomic E-state index is 0.0113. The van der Waals surface area contributed by atoms with Crippen LogP contribution in [0, 0.1) is 0 Å². The number of nitrogens with zero attached hydrogens (tertiary/aromatic N) is 2. The Morgan fingerprint density at radius 2 is 1.87 bits per heavy atom. The molecule has 76 valence electrons. The Morgan fingerprint density at radius 3 is 2.53 bits per heavy atom. The maximum atomic E-state index is 6.07. The summed E-state index contributed by atoms with van der Waals surface area (Å²) in [5, 5.41) is 0. The monoisotopic (exact) mass is 199 g/mol. The SMILES string of the molecule is NC(Cc1cccnc1)c1ccncc1. The Bertz CT molecular complexity index is 400. The lowest BCUT2D eigenvalue weighted by molar-refractivity contribution is 0.718. The smallest absolute Gasteiger partial charge is 0.0337 e. The molecule has 2 aromatic heterocycles. The first-order valence-electron chi connectivity index (χ1n) is 4.90. The van der Waals surface area contributed by atoms with Crippen LogP contribution in [0.3, 0.4) is 0 Å². The second-order valence-electron chi connectivity index (χ2n) is 3.45. The first-order chi connectivity index (χ1) is 7.36. The van der Waals surface area contributed by atoms with E-state index in [4.69, 9.17) is 5.73 Å². The van der Waals surface area contributed by atoms with Gasteiger partial charge in [0.2, 0.25) is 0 Å². The molecule has 0 aromatic carbocycles. The molecule has 2 N–H and O–H groups in total. The van der Waals surface area contributed by atoms with E-state index in [-0.39, 0.29) is 6.04 Å². The molecule has 0 saturated carbocycles. The van der Waals surface area contributed by atoms with Crippen molar-refractivity contribution in [1.29, 1.82) is 0 Å². The molecule has 1 atom stereocenters. The second kappa shape index (κ2) is 4.66. The van der Waals surface area contributed by atoms with Gasteiger partial charge in [0.15, 0.2) is 0 Å². The molecule has 2 aromatic rings. The van der Waals surface area contributed by atoms with E-state index in [0.717, 1.165) is 17.5 Å². The van der Waals surface area contributed by atoms with Crippen LogP contribution in [-0.2, 0) is 6.42 Å². The summed E-state index contributed by atoms with van der Waals surface area (Å²) < 4.78 is 0. The molecule has 0 aliphatic heterocycles. The molecule has 0 saturated heterocycles. The third-order valence-corrected chi connectivity index (χ3v) is 2.31. The van der Waals surface area contributed by atoms with Gasteiger partial charge in [-0.2, -0.15) is 0 Å². The van der Waals surface area contributed by atoms with E-state index in [0.29, 0.717) is 0 Å². The molecule has 0 bridgehead atoms. The fraction of sp³-hybridized carbons (Fsp3) is 0.167. The van der Waals surface area contributed by atoms with Crippen molar-refractivity contribution in [3.8, 4) is 0 Å². The number of aromatic nitrogens is 2. The number of hydrogen-bond donors (Lipinski definition) is 1. The maximum Gasteiger partial charge on any atom is 0.0337 e. The molecule has 3 heteroatoms. The van der Waals surface area contributed by atoms with Crippen LogP contribution >= 0.6 is 0 Å². The number of rotatable bonds is 3. The van der Waals surface area contributed by atoms with E-state index in [1.54, 1.807) is 18.6 Å². The Labute approximate surface area is 89.0 Å². The lowest BCUT2D eigenvalue weighted by atomic mass is 10.0. The first-order valence-corrected chi connectivity index (χ1v) is 4.90. The Morgan fingerprint density at radius 1 is 1.07 bits per heavy atom. The largest absolute Gasteiger partial charge is 0.324 e. The van der Waals surface area contributed by atoms with Crippen LogP contribution in [-0.4, -0.2) is 9.97 Å². The highest BCUT2D eigenvalue weighted by Gasteiger charge is 2.05. The van der Waals surface area contributed by atoms with Crippen molar-refractivity contribution < 1.29 is 0 Å². The van der Waals surface area contributed by atoms with Gasteiger partial charge in [-0.3, -0.25) is 9.97 Å². The van der Waals surface area contributed by atoms with Crippen molar-refractivity contribution in [1.82, 2.24) is 9.97 Å². The summed E-state index contributed by atoms with van der Waals surface area (Å²) in [4.78, 5) is 8.03. The molecule has 0 radical (unpaired) electrons. The molecule has 0 aliphatic rings. The van der Waals surface area contributed by atoms with E-state index < -0.39 is 0 Å². The standard InChI is InChI=1S/C12H13N3/c13-12(11-3-6-14-7-4-11)8-10-2-1-5-15-9-10/h1-7,9,12H,8,13H2. The van der Waals surface area contributed by atoms with E-state index in [1.807, 2.05) is 30.5 Å². The fourth-order valence-corrected chi connectivity index (χ4v) is 1.50. The van der Waals surface area contributed by atoms with E-state index in [1.165, 1.54) is 0 Å². The Hall–Kier alpha value is -1.74. The van der Waals surface area contributed by atoms with Gasteiger partial charge in [-0.05, 0) is 35.7 Å². The van der Waals surface area contributed by atoms with Crippen LogP contribution < -0.4 is 5.73 Å². The van der Waals surface area contributed by atoms with Crippen LogP contribution in [0.15, 0.2) is 49.1 Å². The predicted octanol–water partition coefficient (Wildman–Crippen LogP) is 1.72. The molecule has 0 amide bonds. The minimum Gasteiger partial charge on any atom is -0.324 e. The summed E-state index contributed by atoms with van der Waals surface area (Å²) >= 11 is 0. The molecule has 0 aliphatic carbocycles. The summed E-state index contributed by atoms with van der Waals surface area (Å²) in [5.41, 5.74) is 8.33. The van der Waals surface area contributed by atoms with Gasteiger partial charge in [0.1, 0.15) is 0 Å². The fourth-order valence-electron chi connectivity index (χ4n) is 1.50. The van der Waals surface area contributed by atoms with Crippen molar-refractivity contribution in [3.05, 3.63) is 60.2 Å². The summed E-state index contributed by atoms with van der Waals surface area (Å²) in [5.74, 6) is 0. The van der Waals surface area contributed by atoms with Gasteiger partial charge in [-0.15, -0.1) is 0 Å². The van der Waals surface area contributed by atoms with Crippen LogP contribution in [0.25, 0.3) is 0 Å². The Balaban J connectivity index is 2.08. The molecule has 3 nitrogen and oxygen atoms in total. The van der Waals surface area contributed by atoms with Crippen LogP contribution in [0.1, 0.15) is 17.2 Å².